The second-order valence-electron chi connectivity index (χ2n) is 7.99. The first-order valence-electron chi connectivity index (χ1n) is 10.8. The first-order valence-corrected chi connectivity index (χ1v) is 12.3. The largest absolute Gasteiger partial charge is 0.337 e. The number of aromatic nitrogens is 2. The molecule has 174 valence electrons. The maximum atomic E-state index is 13.3. The average Bonchev–Trinajstić information content (AvgIpc) is 3.28. The van der Waals surface area contributed by atoms with E-state index in [-0.39, 0.29) is 10.8 Å². The number of carbonyl (C=O) groups is 1. The number of amides is 1. The number of hydrogen-bond donors (Lipinski definition) is 1. The molecule has 8 heteroatoms. The van der Waals surface area contributed by atoms with Gasteiger partial charge in [0.2, 0.25) is 10.0 Å². The normalized spacial score (nSPS) is 11.4. The highest BCUT2D eigenvalue weighted by Gasteiger charge is 2.21. The van der Waals surface area contributed by atoms with Crippen molar-refractivity contribution in [2.24, 2.45) is 0 Å². The molecular weight excluding hydrogens is 448 g/mol. The van der Waals surface area contributed by atoms with Crippen LogP contribution >= 0.6 is 0 Å². The average molecular weight is 475 g/mol. The summed E-state index contributed by atoms with van der Waals surface area (Å²) < 4.78 is 28.6. The second kappa shape index (κ2) is 9.62. The smallest absolute Gasteiger partial charge is 0.254 e. The molecule has 4 aromatic rings. The van der Waals surface area contributed by atoms with Crippen LogP contribution in [0.2, 0.25) is 0 Å². The predicted octanol–water partition coefficient (Wildman–Crippen LogP) is 4.03. The van der Waals surface area contributed by atoms with Crippen LogP contribution in [0.15, 0.2) is 90.0 Å². The lowest BCUT2D eigenvalue weighted by molar-refractivity contribution is 0.0784. The van der Waals surface area contributed by atoms with Crippen LogP contribution in [0, 0.1) is 6.92 Å². The summed E-state index contributed by atoms with van der Waals surface area (Å²) >= 11 is 0. The van der Waals surface area contributed by atoms with Gasteiger partial charge in [-0.05, 0) is 43.8 Å². The van der Waals surface area contributed by atoms with Crippen LogP contribution in [-0.4, -0.2) is 43.1 Å². The Balaban J connectivity index is 1.69. The van der Waals surface area contributed by atoms with E-state index in [2.05, 4.69) is 4.72 Å². The van der Waals surface area contributed by atoms with Gasteiger partial charge in [-0.25, -0.2) is 17.8 Å². The van der Waals surface area contributed by atoms with Crippen LogP contribution < -0.4 is 4.72 Å². The van der Waals surface area contributed by atoms with E-state index in [1.54, 1.807) is 29.6 Å². The summed E-state index contributed by atoms with van der Waals surface area (Å²) in [4.78, 5) is 15.0. The number of sulfonamides is 1. The Labute approximate surface area is 199 Å². The molecule has 0 aliphatic carbocycles. The highest BCUT2D eigenvalue weighted by molar-refractivity contribution is 7.89. The van der Waals surface area contributed by atoms with Crippen molar-refractivity contribution in [2.45, 2.75) is 18.4 Å². The standard InChI is InChI=1S/C26H26N4O3S/c1-19-14-15-23(34(32,33)27-2)16-24(19)26(31)29(3)17-21-18-30(22-12-8-5-9-13-22)28-25(21)20-10-6-4-7-11-20/h4-16,18,27H,17H2,1-3H3. The molecule has 0 radical (unpaired) electrons. The summed E-state index contributed by atoms with van der Waals surface area (Å²) in [7, 11) is -0.610. The molecule has 4 rings (SSSR count). The van der Waals surface area contributed by atoms with Gasteiger partial charge in [-0.3, -0.25) is 4.79 Å². The van der Waals surface area contributed by atoms with Crippen molar-refractivity contribution < 1.29 is 13.2 Å². The first kappa shape index (κ1) is 23.4. The molecule has 34 heavy (non-hydrogen) atoms. The first-order chi connectivity index (χ1) is 16.3. The highest BCUT2D eigenvalue weighted by Crippen LogP contribution is 2.26. The number of aryl methyl sites for hydroxylation is 1. The Bertz CT molecular complexity index is 1420. The van der Waals surface area contributed by atoms with E-state index in [1.165, 1.54) is 19.2 Å². The van der Waals surface area contributed by atoms with E-state index >= 15 is 0 Å². The fourth-order valence-electron chi connectivity index (χ4n) is 3.73. The molecule has 0 fully saturated rings. The number of para-hydroxylation sites is 1. The number of nitrogens with one attached hydrogen (secondary N) is 1. The van der Waals surface area contributed by atoms with E-state index < -0.39 is 10.0 Å². The summed E-state index contributed by atoms with van der Waals surface area (Å²) in [5.74, 6) is -0.267. The molecule has 1 amide bonds. The summed E-state index contributed by atoms with van der Waals surface area (Å²) in [6.07, 6.45) is 1.93. The highest BCUT2D eigenvalue weighted by atomic mass is 32.2. The number of rotatable bonds is 7. The van der Waals surface area contributed by atoms with E-state index in [0.29, 0.717) is 17.7 Å². The minimum Gasteiger partial charge on any atom is -0.337 e. The Hall–Kier alpha value is -3.75. The molecule has 0 unspecified atom stereocenters. The maximum absolute atomic E-state index is 13.3. The number of hydrogen-bond acceptors (Lipinski definition) is 4. The Morgan fingerprint density at radius 3 is 2.29 bits per heavy atom. The van der Waals surface area contributed by atoms with Crippen LogP contribution in [0.3, 0.4) is 0 Å². The van der Waals surface area contributed by atoms with Crippen molar-refractivity contribution in [2.75, 3.05) is 14.1 Å². The van der Waals surface area contributed by atoms with E-state index in [4.69, 9.17) is 5.10 Å². The fourth-order valence-corrected chi connectivity index (χ4v) is 4.48. The Kier molecular flexibility index (Phi) is 6.63. The molecule has 0 saturated heterocycles. The van der Waals surface area contributed by atoms with Crippen LogP contribution in [0.5, 0.6) is 0 Å². The second-order valence-corrected chi connectivity index (χ2v) is 9.88. The van der Waals surface area contributed by atoms with Gasteiger partial charge in [-0.1, -0.05) is 54.6 Å². The van der Waals surface area contributed by atoms with Gasteiger partial charge < -0.3 is 4.90 Å². The SMILES string of the molecule is CNS(=O)(=O)c1ccc(C)c(C(=O)N(C)Cc2cn(-c3ccccc3)nc2-c2ccccc2)c1. The van der Waals surface area contributed by atoms with Gasteiger partial charge in [0.25, 0.3) is 5.91 Å². The van der Waals surface area contributed by atoms with Crippen molar-refractivity contribution in [3.05, 3.63) is 102 Å². The third kappa shape index (κ3) is 4.78. The van der Waals surface area contributed by atoms with Crippen molar-refractivity contribution in [3.63, 3.8) is 0 Å². The maximum Gasteiger partial charge on any atom is 0.254 e. The molecule has 0 atom stereocenters. The summed E-state index contributed by atoms with van der Waals surface area (Å²) in [5.41, 5.74) is 4.58. The van der Waals surface area contributed by atoms with E-state index in [1.807, 2.05) is 66.9 Å². The zero-order chi connectivity index (χ0) is 24.3. The van der Waals surface area contributed by atoms with Crippen LogP contribution in [0.4, 0.5) is 0 Å². The van der Waals surface area contributed by atoms with E-state index in [0.717, 1.165) is 22.5 Å². The van der Waals surface area contributed by atoms with Crippen molar-refractivity contribution in [1.29, 1.82) is 0 Å². The molecule has 0 aliphatic rings. The molecule has 0 bridgehead atoms. The Morgan fingerprint density at radius 2 is 1.65 bits per heavy atom. The molecule has 7 nitrogen and oxygen atoms in total. The van der Waals surface area contributed by atoms with Gasteiger partial charge in [0, 0.05) is 36.5 Å². The van der Waals surface area contributed by atoms with Crippen LogP contribution in [-0.2, 0) is 16.6 Å². The third-order valence-electron chi connectivity index (χ3n) is 5.63. The molecular formula is C26H26N4O3S. The van der Waals surface area contributed by atoms with Gasteiger partial charge in [-0.2, -0.15) is 5.10 Å². The van der Waals surface area contributed by atoms with Crippen molar-refractivity contribution >= 4 is 15.9 Å². The lowest BCUT2D eigenvalue weighted by Crippen LogP contribution is -2.27. The molecule has 0 spiro atoms. The molecule has 3 aromatic carbocycles. The molecule has 0 aliphatic heterocycles. The van der Waals surface area contributed by atoms with Crippen molar-refractivity contribution in [1.82, 2.24) is 19.4 Å². The van der Waals surface area contributed by atoms with E-state index in [9.17, 15) is 13.2 Å². The van der Waals surface area contributed by atoms with Crippen LogP contribution in [0.25, 0.3) is 16.9 Å². The molecule has 1 heterocycles. The predicted molar refractivity (Wildman–Crippen MR) is 132 cm³/mol. The number of nitrogens with zero attached hydrogens (tertiary/aromatic N) is 3. The zero-order valence-electron chi connectivity index (χ0n) is 19.3. The van der Waals surface area contributed by atoms with Gasteiger partial charge in [0.1, 0.15) is 0 Å². The lowest BCUT2D eigenvalue weighted by Gasteiger charge is -2.19. The molecule has 1 N–H and O–H groups in total. The lowest BCUT2D eigenvalue weighted by atomic mass is 10.1. The number of benzene rings is 3. The van der Waals surface area contributed by atoms with Gasteiger partial charge in [0.15, 0.2) is 0 Å². The topological polar surface area (TPSA) is 84.3 Å². The fraction of sp³-hybridized carbons (Fsp3) is 0.154. The quantitative estimate of drug-likeness (QED) is 0.438. The summed E-state index contributed by atoms with van der Waals surface area (Å²) in [6, 6.07) is 24.2. The minimum atomic E-state index is -3.66. The molecule has 1 aromatic heterocycles. The third-order valence-corrected chi connectivity index (χ3v) is 7.04. The number of carbonyl (C=O) groups excluding carboxylic acids is 1. The van der Waals surface area contributed by atoms with Gasteiger partial charge in [-0.15, -0.1) is 0 Å². The zero-order valence-corrected chi connectivity index (χ0v) is 20.1. The van der Waals surface area contributed by atoms with Gasteiger partial charge >= 0.3 is 0 Å². The summed E-state index contributed by atoms with van der Waals surface area (Å²) in [6.45, 7) is 2.10. The minimum absolute atomic E-state index is 0.0548. The van der Waals surface area contributed by atoms with Crippen LogP contribution in [0.1, 0.15) is 21.5 Å². The monoisotopic (exact) mass is 474 g/mol. The Morgan fingerprint density at radius 1 is 1.00 bits per heavy atom. The molecule has 0 saturated carbocycles. The summed E-state index contributed by atoms with van der Waals surface area (Å²) in [5, 5.41) is 4.80. The van der Waals surface area contributed by atoms with Gasteiger partial charge in [0.05, 0.1) is 16.3 Å². The van der Waals surface area contributed by atoms with Crippen molar-refractivity contribution in [3.8, 4) is 16.9 Å².